The summed E-state index contributed by atoms with van der Waals surface area (Å²) in [7, 11) is 0. The van der Waals surface area contributed by atoms with Crippen LogP contribution in [0.5, 0.6) is 5.75 Å². The SMILES string of the molecule is C=C(C)C(=O)OCCNC(=O)Oc1ccc(C2OC(C)CC(CC)O2)cc1. The first-order chi connectivity index (χ1) is 12.9. The van der Waals surface area contributed by atoms with Crippen molar-refractivity contribution < 1.29 is 28.5 Å². The van der Waals surface area contributed by atoms with Crippen LogP contribution in [0.25, 0.3) is 0 Å². The lowest BCUT2D eigenvalue weighted by molar-refractivity contribution is -0.243. The van der Waals surface area contributed by atoms with E-state index in [1.54, 1.807) is 19.1 Å². The minimum absolute atomic E-state index is 0.0485. The summed E-state index contributed by atoms with van der Waals surface area (Å²) < 4.78 is 21.8. The third-order valence-corrected chi connectivity index (χ3v) is 4.04. The molecule has 2 rings (SSSR count). The molecular formula is C20H27NO6. The second-order valence-corrected chi connectivity index (χ2v) is 6.48. The number of hydrogen-bond donors (Lipinski definition) is 1. The van der Waals surface area contributed by atoms with Crippen LogP contribution in [0.3, 0.4) is 0 Å². The fourth-order valence-corrected chi connectivity index (χ4v) is 2.58. The van der Waals surface area contributed by atoms with Gasteiger partial charge in [0, 0.05) is 11.1 Å². The Morgan fingerprint density at radius 1 is 1.26 bits per heavy atom. The molecule has 1 aliphatic rings. The molecule has 7 nitrogen and oxygen atoms in total. The standard InChI is InChI=1S/C20H27NO6/c1-5-16-12-14(4)25-19(26-16)15-6-8-17(9-7-15)27-20(23)21-10-11-24-18(22)13(2)3/h6-9,14,16,19H,2,5,10-12H2,1,3-4H3,(H,21,23). The molecule has 0 radical (unpaired) electrons. The van der Waals surface area contributed by atoms with E-state index in [0.29, 0.717) is 11.3 Å². The minimum Gasteiger partial charge on any atom is -0.460 e. The molecule has 1 aliphatic heterocycles. The van der Waals surface area contributed by atoms with Crippen molar-refractivity contribution in [3.8, 4) is 5.75 Å². The molecular weight excluding hydrogens is 350 g/mol. The predicted molar refractivity (Wildman–Crippen MR) is 99.3 cm³/mol. The third-order valence-electron chi connectivity index (χ3n) is 4.04. The molecule has 3 unspecified atom stereocenters. The van der Waals surface area contributed by atoms with Crippen molar-refractivity contribution in [2.75, 3.05) is 13.2 Å². The zero-order chi connectivity index (χ0) is 19.8. The number of carbonyl (C=O) groups is 2. The van der Waals surface area contributed by atoms with E-state index in [4.69, 9.17) is 18.9 Å². The second-order valence-electron chi connectivity index (χ2n) is 6.48. The van der Waals surface area contributed by atoms with Crippen LogP contribution in [0.2, 0.25) is 0 Å². The van der Waals surface area contributed by atoms with Crippen molar-refractivity contribution in [3.05, 3.63) is 42.0 Å². The van der Waals surface area contributed by atoms with Gasteiger partial charge in [-0.2, -0.15) is 0 Å². The molecule has 1 fully saturated rings. The maximum absolute atomic E-state index is 11.8. The molecule has 1 aromatic carbocycles. The summed E-state index contributed by atoms with van der Waals surface area (Å²) in [4.78, 5) is 23.0. The predicted octanol–water partition coefficient (Wildman–Crippen LogP) is 3.50. The van der Waals surface area contributed by atoms with Gasteiger partial charge in [-0.3, -0.25) is 0 Å². The van der Waals surface area contributed by atoms with Gasteiger partial charge in [0.05, 0.1) is 18.8 Å². The number of amides is 1. The Morgan fingerprint density at radius 2 is 1.96 bits per heavy atom. The summed E-state index contributed by atoms with van der Waals surface area (Å²) in [5.41, 5.74) is 1.18. The van der Waals surface area contributed by atoms with Gasteiger partial charge in [-0.15, -0.1) is 0 Å². The monoisotopic (exact) mass is 377 g/mol. The molecule has 1 aromatic rings. The number of ether oxygens (including phenoxy) is 4. The average molecular weight is 377 g/mol. The molecule has 1 saturated heterocycles. The molecule has 148 valence electrons. The van der Waals surface area contributed by atoms with Gasteiger partial charge in [-0.1, -0.05) is 25.6 Å². The zero-order valence-corrected chi connectivity index (χ0v) is 16.0. The Bertz CT molecular complexity index is 657. The van der Waals surface area contributed by atoms with Crippen molar-refractivity contribution in [1.29, 1.82) is 0 Å². The zero-order valence-electron chi connectivity index (χ0n) is 16.0. The summed E-state index contributed by atoms with van der Waals surface area (Å²) in [5.74, 6) is -0.0985. The smallest absolute Gasteiger partial charge is 0.412 e. The molecule has 3 atom stereocenters. The van der Waals surface area contributed by atoms with Crippen molar-refractivity contribution in [1.82, 2.24) is 5.32 Å². The van der Waals surface area contributed by atoms with Crippen LogP contribution in [0, 0.1) is 0 Å². The van der Waals surface area contributed by atoms with E-state index in [-0.39, 0.29) is 25.4 Å². The second kappa shape index (κ2) is 10.1. The van der Waals surface area contributed by atoms with Crippen LogP contribution in [0.15, 0.2) is 36.4 Å². The lowest BCUT2D eigenvalue weighted by Gasteiger charge is -2.34. The number of benzene rings is 1. The number of nitrogens with one attached hydrogen (secondary N) is 1. The van der Waals surface area contributed by atoms with E-state index < -0.39 is 18.4 Å². The van der Waals surface area contributed by atoms with Crippen molar-refractivity contribution in [3.63, 3.8) is 0 Å². The minimum atomic E-state index is -0.626. The van der Waals surface area contributed by atoms with Crippen molar-refractivity contribution in [2.45, 2.75) is 52.1 Å². The van der Waals surface area contributed by atoms with E-state index >= 15 is 0 Å². The molecule has 1 amide bonds. The van der Waals surface area contributed by atoms with E-state index in [1.165, 1.54) is 0 Å². The van der Waals surface area contributed by atoms with Gasteiger partial charge in [0.25, 0.3) is 0 Å². The van der Waals surface area contributed by atoms with Crippen LogP contribution in [-0.4, -0.2) is 37.4 Å². The number of rotatable bonds is 7. The Morgan fingerprint density at radius 3 is 2.59 bits per heavy atom. The molecule has 1 N–H and O–H groups in total. The average Bonchev–Trinajstić information content (AvgIpc) is 2.65. The van der Waals surface area contributed by atoms with Gasteiger partial charge in [-0.25, -0.2) is 9.59 Å². The number of hydrogen-bond acceptors (Lipinski definition) is 6. The number of carbonyl (C=O) groups excluding carboxylic acids is 2. The van der Waals surface area contributed by atoms with Crippen LogP contribution in [0.4, 0.5) is 4.79 Å². The van der Waals surface area contributed by atoms with Crippen LogP contribution >= 0.6 is 0 Å². The summed E-state index contributed by atoms with van der Waals surface area (Å²) in [6.07, 6.45) is 1.10. The quantitative estimate of drug-likeness (QED) is 0.445. The van der Waals surface area contributed by atoms with Crippen molar-refractivity contribution >= 4 is 12.1 Å². The Kier molecular flexibility index (Phi) is 7.82. The molecule has 1 heterocycles. The lowest BCUT2D eigenvalue weighted by Crippen LogP contribution is -2.31. The summed E-state index contributed by atoms with van der Waals surface area (Å²) in [6.45, 7) is 9.35. The van der Waals surface area contributed by atoms with Gasteiger partial charge >= 0.3 is 12.1 Å². The Labute approximate surface area is 159 Å². The third kappa shape index (κ3) is 6.69. The first-order valence-corrected chi connectivity index (χ1v) is 9.08. The molecule has 0 aliphatic carbocycles. The van der Waals surface area contributed by atoms with Crippen molar-refractivity contribution in [2.24, 2.45) is 0 Å². The highest BCUT2D eigenvalue weighted by molar-refractivity contribution is 5.86. The van der Waals surface area contributed by atoms with E-state index in [9.17, 15) is 9.59 Å². The van der Waals surface area contributed by atoms with Crippen LogP contribution in [-0.2, 0) is 19.0 Å². The number of esters is 1. The molecule has 0 spiro atoms. The van der Waals surface area contributed by atoms with Gasteiger partial charge < -0.3 is 24.3 Å². The fourth-order valence-electron chi connectivity index (χ4n) is 2.58. The van der Waals surface area contributed by atoms with E-state index in [2.05, 4.69) is 18.8 Å². The first kappa shape index (κ1) is 20.9. The van der Waals surface area contributed by atoms with Gasteiger partial charge in [0.15, 0.2) is 6.29 Å². The summed E-state index contributed by atoms with van der Waals surface area (Å²) in [5, 5.41) is 2.51. The largest absolute Gasteiger partial charge is 0.460 e. The highest BCUT2D eigenvalue weighted by Crippen LogP contribution is 2.31. The molecule has 0 saturated carbocycles. The first-order valence-electron chi connectivity index (χ1n) is 9.08. The van der Waals surface area contributed by atoms with Gasteiger partial charge in [0.2, 0.25) is 0 Å². The maximum atomic E-state index is 11.8. The summed E-state index contributed by atoms with van der Waals surface area (Å²) >= 11 is 0. The van der Waals surface area contributed by atoms with E-state index in [1.807, 2.05) is 19.1 Å². The van der Waals surface area contributed by atoms with Gasteiger partial charge in [0.1, 0.15) is 12.4 Å². The summed E-state index contributed by atoms with van der Waals surface area (Å²) in [6, 6.07) is 6.99. The normalized spacial score (nSPS) is 22.0. The highest BCUT2D eigenvalue weighted by atomic mass is 16.7. The van der Waals surface area contributed by atoms with Gasteiger partial charge in [-0.05, 0) is 38.8 Å². The Balaban J connectivity index is 1.78. The molecule has 27 heavy (non-hydrogen) atoms. The lowest BCUT2D eigenvalue weighted by atomic mass is 10.1. The molecule has 7 heteroatoms. The Hall–Kier alpha value is -2.38. The molecule has 0 aromatic heterocycles. The highest BCUT2D eigenvalue weighted by Gasteiger charge is 2.27. The molecule has 0 bridgehead atoms. The topological polar surface area (TPSA) is 83.1 Å². The van der Waals surface area contributed by atoms with E-state index in [0.717, 1.165) is 18.4 Å². The fraction of sp³-hybridized carbons (Fsp3) is 0.500. The van der Waals surface area contributed by atoms with Crippen LogP contribution in [0.1, 0.15) is 45.5 Å². The van der Waals surface area contributed by atoms with Crippen LogP contribution < -0.4 is 10.1 Å². The maximum Gasteiger partial charge on any atom is 0.412 e.